The highest BCUT2D eigenvalue weighted by molar-refractivity contribution is 6.32. The summed E-state index contributed by atoms with van der Waals surface area (Å²) in [6.07, 6.45) is 0.0180. The highest BCUT2D eigenvalue weighted by Gasteiger charge is 2.45. The molecule has 28 heavy (non-hydrogen) atoms. The minimum atomic E-state index is -2.50. The van der Waals surface area contributed by atoms with Crippen LogP contribution in [-0.4, -0.2) is 45.9 Å². The molecule has 4 N–H and O–H groups in total. The molecular weight excluding hydrogens is 390 g/mol. The number of fused-ring (bicyclic) bond motifs is 1. The molecule has 3 unspecified atom stereocenters. The van der Waals surface area contributed by atoms with Crippen LogP contribution in [0.15, 0.2) is 36.2 Å². The first kappa shape index (κ1) is 19.4. The summed E-state index contributed by atoms with van der Waals surface area (Å²) in [7, 11) is 0. The van der Waals surface area contributed by atoms with E-state index in [2.05, 4.69) is 33.6 Å². The van der Waals surface area contributed by atoms with Gasteiger partial charge in [-0.1, -0.05) is 24.3 Å². The van der Waals surface area contributed by atoms with E-state index in [9.17, 15) is 13.6 Å². The molecule has 0 spiro atoms. The Morgan fingerprint density at radius 1 is 1.32 bits per heavy atom. The van der Waals surface area contributed by atoms with Gasteiger partial charge in [-0.15, -0.1) is 11.6 Å². The summed E-state index contributed by atoms with van der Waals surface area (Å²) in [5, 5.41) is 1.24. The number of carbonyl (C=O) groups excluding carboxylic acids is 1. The summed E-state index contributed by atoms with van der Waals surface area (Å²) < 4.78 is 26.6. The van der Waals surface area contributed by atoms with Gasteiger partial charge in [-0.25, -0.2) is 19.2 Å². The Labute approximate surface area is 167 Å². The molecule has 4 atom stereocenters. The fourth-order valence-corrected chi connectivity index (χ4v) is 4.50. The maximum atomic E-state index is 13.3. The number of nitrogens with one attached hydrogen (secondary N) is 4. The van der Waals surface area contributed by atoms with Crippen LogP contribution in [0.5, 0.6) is 0 Å². The van der Waals surface area contributed by atoms with Crippen molar-refractivity contribution in [3.8, 4) is 0 Å². The molecule has 0 aliphatic carbocycles. The zero-order chi connectivity index (χ0) is 19.8. The average Bonchev–Trinajstić information content (AvgIpc) is 3.09. The second-order valence-electron chi connectivity index (χ2n) is 7.26. The van der Waals surface area contributed by atoms with Crippen LogP contribution in [0.25, 0.3) is 0 Å². The summed E-state index contributed by atoms with van der Waals surface area (Å²) in [5.41, 5.74) is 13.1. The zero-order valence-electron chi connectivity index (χ0n) is 15.3. The van der Waals surface area contributed by atoms with Gasteiger partial charge in [-0.3, -0.25) is 10.2 Å². The van der Waals surface area contributed by atoms with Crippen LogP contribution in [0.3, 0.4) is 0 Å². The van der Waals surface area contributed by atoms with Gasteiger partial charge in [0.15, 0.2) is 5.38 Å². The molecule has 0 saturated carbocycles. The van der Waals surface area contributed by atoms with E-state index in [0.717, 1.165) is 12.1 Å². The first-order valence-corrected chi connectivity index (χ1v) is 9.71. The third kappa shape index (κ3) is 3.43. The molecule has 152 valence electrons. The number of nitrogens with zero attached hydrogens (tertiary/aromatic N) is 2. The predicted octanol–water partition coefficient (Wildman–Crippen LogP) is 1.36. The monoisotopic (exact) mass is 412 g/mol. The van der Waals surface area contributed by atoms with E-state index in [0.29, 0.717) is 18.7 Å². The zero-order valence-corrected chi connectivity index (χ0v) is 16.1. The quantitative estimate of drug-likeness (QED) is 0.560. The Kier molecular flexibility index (Phi) is 5.42. The Bertz CT molecular complexity index is 778. The molecule has 3 aliphatic heterocycles. The van der Waals surface area contributed by atoms with Crippen LogP contribution in [0.1, 0.15) is 30.9 Å². The van der Waals surface area contributed by atoms with Crippen molar-refractivity contribution in [1.29, 1.82) is 0 Å². The highest BCUT2D eigenvalue weighted by atomic mass is 35.5. The second-order valence-corrected chi connectivity index (χ2v) is 7.70. The van der Waals surface area contributed by atoms with E-state index in [-0.39, 0.29) is 29.6 Å². The number of likely N-dealkylation sites (tertiary alicyclic amines) is 1. The van der Waals surface area contributed by atoms with E-state index < -0.39 is 11.8 Å². The van der Waals surface area contributed by atoms with Crippen molar-refractivity contribution in [2.75, 3.05) is 6.54 Å². The Morgan fingerprint density at radius 2 is 2.11 bits per heavy atom. The van der Waals surface area contributed by atoms with Crippen LogP contribution in [0, 0.1) is 0 Å². The first-order chi connectivity index (χ1) is 13.5. The Balaban J connectivity index is 1.48. The molecule has 2 saturated heterocycles. The van der Waals surface area contributed by atoms with Crippen molar-refractivity contribution in [3.05, 3.63) is 47.3 Å². The molecule has 0 bridgehead atoms. The molecule has 2 fully saturated rings. The number of carbonyl (C=O) groups is 1. The van der Waals surface area contributed by atoms with Gasteiger partial charge in [0, 0.05) is 36.9 Å². The summed E-state index contributed by atoms with van der Waals surface area (Å²) in [4.78, 5) is 14.0. The fourth-order valence-electron chi connectivity index (χ4n) is 4.25. The van der Waals surface area contributed by atoms with E-state index in [1.165, 1.54) is 6.07 Å². The maximum absolute atomic E-state index is 13.3. The standard InChI is InChI=1S/C18H23ClF2N6O/c1-10-16-13(6-7-26(10)14-8-22-24-18(28)15(14)19)27(25-23-16)9-11-4-2-3-5-12(11)17(20)21/h2-5,8,10,13,15-17,22-23,25H,6-7,9H2,1H3,(H,24,28)/t10-,13?,15?,16?/m0/s1. The van der Waals surface area contributed by atoms with Crippen LogP contribution in [0.2, 0.25) is 0 Å². The largest absolute Gasteiger partial charge is 0.368 e. The lowest BCUT2D eigenvalue weighted by molar-refractivity contribution is -0.121. The number of hydrogen-bond donors (Lipinski definition) is 4. The topological polar surface area (TPSA) is 71.7 Å². The van der Waals surface area contributed by atoms with Crippen molar-refractivity contribution in [3.63, 3.8) is 0 Å². The van der Waals surface area contributed by atoms with Crippen LogP contribution >= 0.6 is 11.6 Å². The van der Waals surface area contributed by atoms with Crippen molar-refractivity contribution >= 4 is 17.5 Å². The molecule has 1 amide bonds. The van der Waals surface area contributed by atoms with E-state index in [1.54, 1.807) is 24.4 Å². The lowest BCUT2D eigenvalue weighted by Crippen LogP contribution is -2.59. The minimum Gasteiger partial charge on any atom is -0.368 e. The third-order valence-corrected chi connectivity index (χ3v) is 6.16. The third-order valence-electron chi connectivity index (χ3n) is 5.73. The molecule has 10 heteroatoms. The number of rotatable bonds is 4. The summed E-state index contributed by atoms with van der Waals surface area (Å²) in [5.74, 6) is -0.281. The molecule has 0 radical (unpaired) electrons. The van der Waals surface area contributed by atoms with Gasteiger partial charge >= 0.3 is 0 Å². The molecular formula is C18H23ClF2N6O. The van der Waals surface area contributed by atoms with Gasteiger partial charge in [0.05, 0.1) is 11.7 Å². The van der Waals surface area contributed by atoms with Gasteiger partial charge in [0.2, 0.25) is 0 Å². The van der Waals surface area contributed by atoms with Gasteiger partial charge in [-0.2, -0.15) is 5.53 Å². The van der Waals surface area contributed by atoms with Crippen molar-refractivity contribution < 1.29 is 13.6 Å². The molecule has 4 rings (SSSR count). The minimum absolute atomic E-state index is 0.0572. The number of hydrazine groups is 3. The number of amides is 1. The van der Waals surface area contributed by atoms with Crippen LogP contribution in [-0.2, 0) is 11.3 Å². The van der Waals surface area contributed by atoms with Gasteiger partial charge < -0.3 is 10.3 Å². The lowest BCUT2D eigenvalue weighted by atomic mass is 9.91. The fraction of sp³-hybridized carbons (Fsp3) is 0.500. The van der Waals surface area contributed by atoms with E-state index >= 15 is 0 Å². The first-order valence-electron chi connectivity index (χ1n) is 9.27. The van der Waals surface area contributed by atoms with Crippen molar-refractivity contribution in [1.82, 2.24) is 31.7 Å². The molecule has 7 nitrogen and oxygen atoms in total. The smallest absolute Gasteiger partial charge is 0.264 e. The van der Waals surface area contributed by atoms with Crippen molar-refractivity contribution in [2.24, 2.45) is 0 Å². The Hall–Kier alpha value is -1.94. The average molecular weight is 413 g/mol. The normalized spacial score (nSPS) is 30.7. The molecule has 1 aromatic rings. The lowest BCUT2D eigenvalue weighted by Gasteiger charge is -2.45. The second kappa shape index (κ2) is 7.82. The molecule has 1 aromatic carbocycles. The number of alkyl halides is 3. The predicted molar refractivity (Wildman–Crippen MR) is 101 cm³/mol. The SMILES string of the molecule is C[C@H]1C2NNN(Cc3ccccc3C(F)F)C2CCN1C1=CNNC(=O)C1Cl. The Morgan fingerprint density at radius 3 is 2.89 bits per heavy atom. The summed E-state index contributed by atoms with van der Waals surface area (Å²) in [6, 6.07) is 6.88. The number of piperidine rings is 1. The number of benzene rings is 1. The molecule has 3 aliphatic rings. The number of hydrogen-bond acceptors (Lipinski definition) is 6. The summed E-state index contributed by atoms with van der Waals surface area (Å²) in [6.45, 7) is 3.16. The van der Waals surface area contributed by atoms with Crippen molar-refractivity contribution in [2.45, 2.75) is 49.8 Å². The number of halogens is 3. The molecule has 0 aromatic heterocycles. The van der Waals surface area contributed by atoms with Crippen LogP contribution < -0.4 is 21.8 Å². The van der Waals surface area contributed by atoms with Gasteiger partial charge in [-0.05, 0) is 18.9 Å². The van der Waals surface area contributed by atoms with Gasteiger partial charge in [0.25, 0.3) is 12.3 Å². The van der Waals surface area contributed by atoms with Crippen LogP contribution in [0.4, 0.5) is 8.78 Å². The summed E-state index contributed by atoms with van der Waals surface area (Å²) >= 11 is 6.28. The maximum Gasteiger partial charge on any atom is 0.264 e. The highest BCUT2D eigenvalue weighted by Crippen LogP contribution is 2.32. The molecule has 3 heterocycles. The van der Waals surface area contributed by atoms with E-state index in [1.807, 2.05) is 5.01 Å². The van der Waals surface area contributed by atoms with Gasteiger partial charge in [0.1, 0.15) is 0 Å². The van der Waals surface area contributed by atoms with E-state index in [4.69, 9.17) is 11.6 Å².